The van der Waals surface area contributed by atoms with Gasteiger partial charge >= 0.3 is 11.9 Å². The third-order valence-electron chi connectivity index (χ3n) is 2.99. The highest BCUT2D eigenvalue weighted by Crippen LogP contribution is 2.28. The van der Waals surface area contributed by atoms with Gasteiger partial charge in [-0.2, -0.15) is 0 Å². The first-order chi connectivity index (χ1) is 8.43. The van der Waals surface area contributed by atoms with Crippen molar-refractivity contribution in [3.63, 3.8) is 0 Å². The van der Waals surface area contributed by atoms with E-state index < -0.39 is 23.1 Å². The number of hydrogen-bond donors (Lipinski definition) is 2. The standard InChI is InChI=1S/C13H20O5/c1-3-5-6-7-8-9-13(11(15)16,12(17)18)10(14)4-2/h4H,2-3,5-9H2,1H3,(H,15,16)(H,17,18). The first kappa shape index (κ1) is 16.4. The molecule has 0 fully saturated rings. The van der Waals surface area contributed by atoms with Crippen molar-refractivity contribution in [2.45, 2.75) is 45.4 Å². The molecular weight excluding hydrogens is 236 g/mol. The average molecular weight is 256 g/mol. The molecule has 0 heterocycles. The molecule has 0 aliphatic carbocycles. The van der Waals surface area contributed by atoms with E-state index in [1.54, 1.807) is 0 Å². The highest BCUT2D eigenvalue weighted by Gasteiger charge is 2.51. The van der Waals surface area contributed by atoms with Crippen LogP contribution < -0.4 is 0 Å². The van der Waals surface area contributed by atoms with Gasteiger partial charge in [-0.25, -0.2) is 0 Å². The minimum Gasteiger partial charge on any atom is -0.480 e. The van der Waals surface area contributed by atoms with Crippen LogP contribution in [0.4, 0.5) is 0 Å². The first-order valence-corrected chi connectivity index (χ1v) is 6.07. The van der Waals surface area contributed by atoms with Crippen molar-refractivity contribution in [3.05, 3.63) is 12.7 Å². The molecule has 5 nitrogen and oxygen atoms in total. The summed E-state index contributed by atoms with van der Waals surface area (Å²) in [5, 5.41) is 18.1. The molecule has 0 aromatic rings. The molecule has 0 saturated carbocycles. The monoisotopic (exact) mass is 256 g/mol. The Hall–Kier alpha value is -1.65. The molecule has 0 aromatic heterocycles. The Balaban J connectivity index is 4.77. The van der Waals surface area contributed by atoms with Crippen LogP contribution in [0.25, 0.3) is 0 Å². The van der Waals surface area contributed by atoms with Gasteiger partial charge in [-0.3, -0.25) is 14.4 Å². The number of carboxylic acid groups (broad SMARTS) is 2. The Morgan fingerprint density at radius 2 is 1.56 bits per heavy atom. The van der Waals surface area contributed by atoms with Gasteiger partial charge in [0.15, 0.2) is 5.78 Å². The number of aliphatic carboxylic acids is 2. The van der Waals surface area contributed by atoms with Gasteiger partial charge < -0.3 is 10.2 Å². The zero-order valence-corrected chi connectivity index (χ0v) is 10.6. The zero-order chi connectivity index (χ0) is 14.2. The quantitative estimate of drug-likeness (QED) is 0.355. The first-order valence-electron chi connectivity index (χ1n) is 6.07. The third-order valence-corrected chi connectivity index (χ3v) is 2.99. The van der Waals surface area contributed by atoms with Gasteiger partial charge in [-0.1, -0.05) is 45.6 Å². The highest BCUT2D eigenvalue weighted by molar-refractivity contribution is 6.22. The van der Waals surface area contributed by atoms with E-state index in [0.717, 1.165) is 31.8 Å². The van der Waals surface area contributed by atoms with Crippen LogP contribution in [0.2, 0.25) is 0 Å². The summed E-state index contributed by atoms with van der Waals surface area (Å²) in [4.78, 5) is 33.8. The lowest BCUT2D eigenvalue weighted by Gasteiger charge is -2.21. The summed E-state index contributed by atoms with van der Waals surface area (Å²) >= 11 is 0. The highest BCUT2D eigenvalue weighted by atomic mass is 16.4. The van der Waals surface area contributed by atoms with Crippen LogP contribution >= 0.6 is 0 Å². The maximum Gasteiger partial charge on any atom is 0.329 e. The van der Waals surface area contributed by atoms with E-state index in [0.29, 0.717) is 6.42 Å². The Kier molecular flexibility index (Phi) is 6.93. The molecular formula is C13H20O5. The predicted octanol–water partition coefficient (Wildman–Crippen LogP) is 2.26. The minimum absolute atomic E-state index is 0.188. The largest absolute Gasteiger partial charge is 0.480 e. The summed E-state index contributed by atoms with van der Waals surface area (Å²) in [6.07, 6.45) is 4.67. The second kappa shape index (κ2) is 7.63. The topological polar surface area (TPSA) is 91.7 Å². The van der Waals surface area contributed by atoms with Crippen molar-refractivity contribution in [2.75, 3.05) is 0 Å². The number of carbonyl (C=O) groups excluding carboxylic acids is 1. The summed E-state index contributed by atoms with van der Waals surface area (Å²) in [7, 11) is 0. The predicted molar refractivity (Wildman–Crippen MR) is 66.3 cm³/mol. The van der Waals surface area contributed by atoms with Crippen LogP contribution in [0.15, 0.2) is 12.7 Å². The van der Waals surface area contributed by atoms with Crippen molar-refractivity contribution in [1.82, 2.24) is 0 Å². The van der Waals surface area contributed by atoms with E-state index in [4.69, 9.17) is 10.2 Å². The number of carbonyl (C=O) groups is 3. The molecule has 102 valence electrons. The van der Waals surface area contributed by atoms with Crippen LogP contribution in [0.1, 0.15) is 45.4 Å². The number of unbranched alkanes of at least 4 members (excludes halogenated alkanes) is 4. The van der Waals surface area contributed by atoms with Gasteiger partial charge in [0, 0.05) is 0 Å². The fourth-order valence-corrected chi connectivity index (χ4v) is 1.81. The van der Waals surface area contributed by atoms with Crippen molar-refractivity contribution in [2.24, 2.45) is 5.41 Å². The van der Waals surface area contributed by atoms with Crippen molar-refractivity contribution in [1.29, 1.82) is 0 Å². The fraction of sp³-hybridized carbons (Fsp3) is 0.615. The number of rotatable bonds is 10. The van der Waals surface area contributed by atoms with Gasteiger partial charge in [-0.05, 0) is 12.5 Å². The lowest BCUT2D eigenvalue weighted by atomic mass is 9.78. The Labute approximate surface area is 107 Å². The minimum atomic E-state index is -2.37. The maximum absolute atomic E-state index is 11.6. The summed E-state index contributed by atoms with van der Waals surface area (Å²) in [5.41, 5.74) is -2.37. The summed E-state index contributed by atoms with van der Waals surface area (Å²) < 4.78 is 0. The summed E-state index contributed by atoms with van der Waals surface area (Å²) in [5.74, 6) is -4.19. The molecule has 0 bridgehead atoms. The molecule has 0 atom stereocenters. The third kappa shape index (κ3) is 3.68. The fourth-order valence-electron chi connectivity index (χ4n) is 1.81. The Morgan fingerprint density at radius 3 is 1.94 bits per heavy atom. The summed E-state index contributed by atoms with van der Waals surface area (Å²) in [6.45, 7) is 5.21. The van der Waals surface area contributed by atoms with E-state index in [-0.39, 0.29) is 6.42 Å². The van der Waals surface area contributed by atoms with E-state index in [2.05, 4.69) is 6.58 Å². The Bertz CT molecular complexity index is 318. The second-order valence-electron chi connectivity index (χ2n) is 4.25. The average Bonchev–Trinajstić information content (AvgIpc) is 2.32. The lowest BCUT2D eigenvalue weighted by Crippen LogP contribution is -2.45. The van der Waals surface area contributed by atoms with Crippen molar-refractivity contribution in [3.8, 4) is 0 Å². The molecule has 0 rings (SSSR count). The van der Waals surface area contributed by atoms with Crippen LogP contribution in [0.3, 0.4) is 0 Å². The normalized spacial score (nSPS) is 10.9. The van der Waals surface area contributed by atoms with Gasteiger partial charge in [0.05, 0.1) is 0 Å². The van der Waals surface area contributed by atoms with Crippen LogP contribution in [0, 0.1) is 5.41 Å². The molecule has 0 aliphatic rings. The van der Waals surface area contributed by atoms with E-state index in [1.165, 1.54) is 0 Å². The van der Waals surface area contributed by atoms with Gasteiger partial charge in [-0.15, -0.1) is 0 Å². The van der Waals surface area contributed by atoms with Gasteiger partial charge in [0.1, 0.15) is 0 Å². The van der Waals surface area contributed by atoms with E-state index in [1.807, 2.05) is 6.92 Å². The Morgan fingerprint density at radius 1 is 1.06 bits per heavy atom. The van der Waals surface area contributed by atoms with E-state index in [9.17, 15) is 14.4 Å². The molecule has 18 heavy (non-hydrogen) atoms. The zero-order valence-electron chi connectivity index (χ0n) is 10.6. The molecule has 5 heteroatoms. The molecule has 0 aliphatic heterocycles. The van der Waals surface area contributed by atoms with Crippen molar-refractivity contribution < 1.29 is 24.6 Å². The van der Waals surface area contributed by atoms with E-state index >= 15 is 0 Å². The molecule has 0 saturated heterocycles. The number of ketones is 1. The number of allylic oxidation sites excluding steroid dienone is 1. The smallest absolute Gasteiger partial charge is 0.329 e. The van der Waals surface area contributed by atoms with Crippen LogP contribution in [0.5, 0.6) is 0 Å². The molecule has 0 radical (unpaired) electrons. The van der Waals surface area contributed by atoms with Gasteiger partial charge in [0.25, 0.3) is 0 Å². The second-order valence-corrected chi connectivity index (χ2v) is 4.25. The van der Waals surface area contributed by atoms with Gasteiger partial charge in [0.2, 0.25) is 5.41 Å². The van der Waals surface area contributed by atoms with Crippen LogP contribution in [-0.2, 0) is 14.4 Å². The lowest BCUT2D eigenvalue weighted by molar-refractivity contribution is -0.167. The SMILES string of the molecule is C=CC(=O)C(CCCCCCC)(C(=O)O)C(=O)O. The van der Waals surface area contributed by atoms with Crippen molar-refractivity contribution >= 4 is 17.7 Å². The number of hydrogen-bond acceptors (Lipinski definition) is 3. The van der Waals surface area contributed by atoms with Crippen LogP contribution in [-0.4, -0.2) is 27.9 Å². The molecule has 0 aromatic carbocycles. The number of carboxylic acids is 2. The molecule has 2 N–H and O–H groups in total. The summed E-state index contributed by atoms with van der Waals surface area (Å²) in [6, 6.07) is 0. The molecule has 0 amide bonds. The maximum atomic E-state index is 11.6. The molecule has 0 unspecified atom stereocenters. The molecule has 0 spiro atoms.